The van der Waals surface area contributed by atoms with E-state index in [1.807, 2.05) is 6.92 Å². The molecule has 0 atom stereocenters. The van der Waals surface area contributed by atoms with Crippen LogP contribution in [0.3, 0.4) is 0 Å². The Balaban J connectivity index is 2.54. The Bertz CT molecular complexity index is 444. The zero-order valence-corrected chi connectivity index (χ0v) is 13.1. The maximum absolute atomic E-state index is 11.9. The molecule has 0 unspecified atom stereocenters. The van der Waals surface area contributed by atoms with Gasteiger partial charge in [-0.15, -0.1) is 0 Å². The van der Waals surface area contributed by atoms with Crippen molar-refractivity contribution >= 4 is 5.97 Å². The number of ether oxygens (including phenoxy) is 2. The summed E-state index contributed by atoms with van der Waals surface area (Å²) in [6.45, 7) is 9.55. The fourth-order valence-corrected chi connectivity index (χ4v) is 1.88. The van der Waals surface area contributed by atoms with Crippen LogP contribution in [-0.2, 0) is 4.74 Å². The molecule has 0 saturated heterocycles. The molecule has 0 spiro atoms. The number of esters is 1. The van der Waals surface area contributed by atoms with Gasteiger partial charge in [0.2, 0.25) is 0 Å². The summed E-state index contributed by atoms with van der Waals surface area (Å²) in [6, 6.07) is 4.63. The van der Waals surface area contributed by atoms with Crippen molar-refractivity contribution in [2.24, 2.45) is 0 Å². The van der Waals surface area contributed by atoms with Gasteiger partial charge in [-0.2, -0.15) is 0 Å². The molecule has 0 fully saturated rings. The second-order valence-corrected chi connectivity index (χ2v) is 4.69. The number of hydrogen-bond donors (Lipinski definition) is 1. The molecule has 118 valence electrons. The van der Waals surface area contributed by atoms with Crippen molar-refractivity contribution < 1.29 is 19.4 Å². The minimum absolute atomic E-state index is 0.114. The standard InChI is InChI=1S/C16H25NO4/c1-4-10-20-13-7-8-14(15(18)12-13)16(19)21-11-9-17(5-2)6-3/h7-8,12,18H,4-6,9-11H2,1-3H3. The first-order chi connectivity index (χ1) is 10.1. The molecule has 1 aromatic carbocycles. The van der Waals surface area contributed by atoms with Crippen LogP contribution in [0.15, 0.2) is 18.2 Å². The van der Waals surface area contributed by atoms with Crippen LogP contribution >= 0.6 is 0 Å². The summed E-state index contributed by atoms with van der Waals surface area (Å²) in [7, 11) is 0. The molecule has 1 aromatic rings. The molecule has 1 N–H and O–H groups in total. The SMILES string of the molecule is CCCOc1ccc(C(=O)OCCN(CC)CC)c(O)c1. The van der Waals surface area contributed by atoms with E-state index in [1.165, 1.54) is 12.1 Å². The molecule has 0 amide bonds. The minimum Gasteiger partial charge on any atom is -0.507 e. The molecule has 0 radical (unpaired) electrons. The van der Waals surface area contributed by atoms with Crippen LogP contribution in [0, 0.1) is 0 Å². The van der Waals surface area contributed by atoms with E-state index in [2.05, 4.69) is 18.7 Å². The van der Waals surface area contributed by atoms with E-state index in [0.29, 0.717) is 25.5 Å². The summed E-state index contributed by atoms with van der Waals surface area (Å²) in [5, 5.41) is 9.87. The summed E-state index contributed by atoms with van der Waals surface area (Å²) in [6.07, 6.45) is 0.885. The molecule has 0 aliphatic heterocycles. The highest BCUT2D eigenvalue weighted by Gasteiger charge is 2.14. The number of phenolic OH excluding ortho intramolecular Hbond substituents is 1. The van der Waals surface area contributed by atoms with Crippen LogP contribution in [0.25, 0.3) is 0 Å². The number of nitrogens with zero attached hydrogens (tertiary/aromatic N) is 1. The number of rotatable bonds is 9. The Hall–Kier alpha value is -1.75. The maximum Gasteiger partial charge on any atom is 0.341 e. The quantitative estimate of drug-likeness (QED) is 0.710. The fraction of sp³-hybridized carbons (Fsp3) is 0.562. The van der Waals surface area contributed by atoms with Crippen LogP contribution in [0.4, 0.5) is 0 Å². The molecule has 1 rings (SSSR count). The van der Waals surface area contributed by atoms with E-state index in [-0.39, 0.29) is 11.3 Å². The van der Waals surface area contributed by atoms with E-state index in [9.17, 15) is 9.90 Å². The average Bonchev–Trinajstić information content (AvgIpc) is 2.49. The lowest BCUT2D eigenvalue weighted by molar-refractivity contribution is 0.0463. The molecule has 5 heteroatoms. The minimum atomic E-state index is -0.512. The van der Waals surface area contributed by atoms with Gasteiger partial charge in [0.05, 0.1) is 6.61 Å². The Morgan fingerprint density at radius 3 is 2.48 bits per heavy atom. The topological polar surface area (TPSA) is 59.0 Å². The molecular formula is C16H25NO4. The van der Waals surface area contributed by atoms with Gasteiger partial charge in [0.15, 0.2) is 0 Å². The van der Waals surface area contributed by atoms with Gasteiger partial charge in [-0.05, 0) is 31.6 Å². The Labute approximate surface area is 126 Å². The fourth-order valence-electron chi connectivity index (χ4n) is 1.88. The summed E-state index contributed by atoms with van der Waals surface area (Å²) >= 11 is 0. The van der Waals surface area contributed by atoms with E-state index in [0.717, 1.165) is 19.5 Å². The van der Waals surface area contributed by atoms with Crippen molar-refractivity contribution in [2.45, 2.75) is 27.2 Å². The number of likely N-dealkylation sites (N-methyl/N-ethyl adjacent to an activating group) is 1. The Morgan fingerprint density at radius 1 is 1.19 bits per heavy atom. The van der Waals surface area contributed by atoms with Gasteiger partial charge in [-0.3, -0.25) is 0 Å². The third kappa shape index (κ3) is 5.63. The number of phenols is 1. The highest BCUT2D eigenvalue weighted by molar-refractivity contribution is 5.92. The highest BCUT2D eigenvalue weighted by Crippen LogP contribution is 2.24. The molecule has 0 bridgehead atoms. The first-order valence-corrected chi connectivity index (χ1v) is 7.47. The van der Waals surface area contributed by atoms with E-state index < -0.39 is 5.97 Å². The first-order valence-electron chi connectivity index (χ1n) is 7.47. The lowest BCUT2D eigenvalue weighted by Crippen LogP contribution is -2.27. The molecule has 0 aliphatic rings. The maximum atomic E-state index is 11.9. The number of carbonyl (C=O) groups is 1. The first kappa shape index (κ1) is 17.3. The lowest BCUT2D eigenvalue weighted by Gasteiger charge is -2.17. The zero-order valence-electron chi connectivity index (χ0n) is 13.1. The molecule has 5 nitrogen and oxygen atoms in total. The molecule has 0 aliphatic carbocycles. The van der Waals surface area contributed by atoms with Crippen molar-refractivity contribution in [2.75, 3.05) is 32.8 Å². The molecule has 0 heterocycles. The van der Waals surface area contributed by atoms with Crippen LogP contribution in [0.5, 0.6) is 11.5 Å². The third-order valence-electron chi connectivity index (χ3n) is 3.20. The van der Waals surface area contributed by atoms with Gasteiger partial charge in [-0.25, -0.2) is 4.79 Å². The van der Waals surface area contributed by atoms with Gasteiger partial charge in [-0.1, -0.05) is 20.8 Å². The summed E-state index contributed by atoms with van der Waals surface area (Å²) < 4.78 is 10.6. The number of hydrogen-bond acceptors (Lipinski definition) is 5. The largest absolute Gasteiger partial charge is 0.507 e. The van der Waals surface area contributed by atoms with Gasteiger partial charge in [0, 0.05) is 12.6 Å². The van der Waals surface area contributed by atoms with Crippen LogP contribution in [0.1, 0.15) is 37.6 Å². The lowest BCUT2D eigenvalue weighted by atomic mass is 10.2. The zero-order chi connectivity index (χ0) is 15.7. The van der Waals surface area contributed by atoms with E-state index in [4.69, 9.17) is 9.47 Å². The second-order valence-electron chi connectivity index (χ2n) is 4.69. The Morgan fingerprint density at radius 2 is 1.90 bits per heavy atom. The van der Waals surface area contributed by atoms with Crippen LogP contribution < -0.4 is 4.74 Å². The van der Waals surface area contributed by atoms with Crippen LogP contribution in [0.2, 0.25) is 0 Å². The smallest absolute Gasteiger partial charge is 0.341 e. The van der Waals surface area contributed by atoms with Gasteiger partial charge in [0.1, 0.15) is 23.7 Å². The monoisotopic (exact) mass is 295 g/mol. The van der Waals surface area contributed by atoms with Gasteiger partial charge in [0.25, 0.3) is 0 Å². The molecule has 21 heavy (non-hydrogen) atoms. The van der Waals surface area contributed by atoms with E-state index >= 15 is 0 Å². The van der Waals surface area contributed by atoms with Crippen molar-refractivity contribution in [3.63, 3.8) is 0 Å². The summed E-state index contributed by atoms with van der Waals surface area (Å²) in [4.78, 5) is 14.1. The van der Waals surface area contributed by atoms with Crippen molar-refractivity contribution in [1.29, 1.82) is 0 Å². The second kappa shape index (κ2) is 9.23. The number of carbonyl (C=O) groups excluding carboxylic acids is 1. The van der Waals surface area contributed by atoms with Crippen molar-refractivity contribution in [3.8, 4) is 11.5 Å². The van der Waals surface area contributed by atoms with Crippen molar-refractivity contribution in [1.82, 2.24) is 4.90 Å². The van der Waals surface area contributed by atoms with Crippen molar-refractivity contribution in [3.05, 3.63) is 23.8 Å². The molecule has 0 aromatic heterocycles. The average molecular weight is 295 g/mol. The molecular weight excluding hydrogens is 270 g/mol. The summed E-state index contributed by atoms with van der Waals surface area (Å²) in [5.41, 5.74) is 0.165. The third-order valence-corrected chi connectivity index (χ3v) is 3.20. The predicted octanol–water partition coefficient (Wildman–Crippen LogP) is 2.68. The number of benzene rings is 1. The van der Waals surface area contributed by atoms with Crippen LogP contribution in [-0.4, -0.2) is 48.8 Å². The summed E-state index contributed by atoms with van der Waals surface area (Å²) in [5.74, 6) is -0.0767. The normalized spacial score (nSPS) is 10.7. The van der Waals surface area contributed by atoms with E-state index in [1.54, 1.807) is 6.07 Å². The van der Waals surface area contributed by atoms with Gasteiger partial charge >= 0.3 is 5.97 Å². The van der Waals surface area contributed by atoms with Gasteiger partial charge < -0.3 is 19.5 Å². The predicted molar refractivity (Wildman–Crippen MR) is 82.0 cm³/mol. The molecule has 0 saturated carbocycles. The Kier molecular flexibility index (Phi) is 7.61. The number of aromatic hydroxyl groups is 1. The highest BCUT2D eigenvalue weighted by atomic mass is 16.5.